The van der Waals surface area contributed by atoms with E-state index in [1.54, 1.807) is 19.3 Å². The quantitative estimate of drug-likeness (QED) is 0.505. The Balaban J connectivity index is 1.68. The Morgan fingerprint density at radius 3 is 2.27 bits per heavy atom. The lowest BCUT2D eigenvalue weighted by Gasteiger charge is -2.26. The first kappa shape index (κ1) is 23.3. The fraction of sp³-hybridized carbons (Fsp3) is 0.478. The molecule has 33 heavy (non-hydrogen) atoms. The Morgan fingerprint density at radius 1 is 1.06 bits per heavy atom. The van der Waals surface area contributed by atoms with Gasteiger partial charge in [0.15, 0.2) is 11.6 Å². The SMILES string of the molecule is Cc1cnc([C@H](OC(C)C)[C@H](C)S(=O)(=O)Nc2nnc(-c3ccccc3)n2C2(C)CC2)nc1. The molecule has 1 N–H and O–H groups in total. The first-order chi connectivity index (χ1) is 15.6. The topological polar surface area (TPSA) is 112 Å². The second-order valence-electron chi connectivity index (χ2n) is 9.12. The van der Waals surface area contributed by atoms with Gasteiger partial charge in [-0.05, 0) is 53.0 Å². The van der Waals surface area contributed by atoms with Gasteiger partial charge in [-0.3, -0.25) is 9.29 Å². The molecule has 0 unspecified atom stereocenters. The maximum Gasteiger partial charge on any atom is 0.240 e. The van der Waals surface area contributed by atoms with Gasteiger partial charge in [0.05, 0.1) is 6.10 Å². The normalized spacial score (nSPS) is 17.0. The van der Waals surface area contributed by atoms with Crippen molar-refractivity contribution >= 4 is 16.0 Å². The summed E-state index contributed by atoms with van der Waals surface area (Å²) in [6.07, 6.45) is 4.10. The molecule has 10 heteroatoms. The Kier molecular flexibility index (Phi) is 6.24. The molecule has 1 fully saturated rings. The average molecular weight is 471 g/mol. The maximum absolute atomic E-state index is 13.5. The Labute approximate surface area is 194 Å². The third kappa shape index (κ3) is 4.91. The van der Waals surface area contributed by atoms with E-state index in [0.717, 1.165) is 24.0 Å². The van der Waals surface area contributed by atoms with Gasteiger partial charge in [0.1, 0.15) is 11.4 Å². The second-order valence-corrected chi connectivity index (χ2v) is 11.2. The third-order valence-electron chi connectivity index (χ3n) is 5.83. The van der Waals surface area contributed by atoms with Gasteiger partial charge in [-0.25, -0.2) is 18.4 Å². The molecule has 0 saturated heterocycles. The summed E-state index contributed by atoms with van der Waals surface area (Å²) in [5.74, 6) is 1.17. The van der Waals surface area contributed by atoms with Crippen molar-refractivity contribution in [1.82, 2.24) is 24.7 Å². The van der Waals surface area contributed by atoms with Gasteiger partial charge < -0.3 is 4.74 Å². The Morgan fingerprint density at radius 2 is 1.70 bits per heavy atom. The van der Waals surface area contributed by atoms with Crippen molar-refractivity contribution in [2.45, 2.75) is 70.5 Å². The minimum atomic E-state index is -3.92. The number of rotatable bonds is 9. The molecular weight excluding hydrogens is 440 g/mol. The molecule has 1 aliphatic rings. The van der Waals surface area contributed by atoms with Crippen molar-refractivity contribution in [3.05, 3.63) is 54.1 Å². The van der Waals surface area contributed by atoms with Crippen LogP contribution in [-0.2, 0) is 20.3 Å². The number of nitrogens with zero attached hydrogens (tertiary/aromatic N) is 5. The van der Waals surface area contributed by atoms with E-state index >= 15 is 0 Å². The highest BCUT2D eigenvalue weighted by Gasteiger charge is 2.44. The highest BCUT2D eigenvalue weighted by Crippen LogP contribution is 2.47. The molecule has 2 aromatic heterocycles. The van der Waals surface area contributed by atoms with Gasteiger partial charge in [-0.15, -0.1) is 10.2 Å². The van der Waals surface area contributed by atoms with Crippen molar-refractivity contribution in [3.63, 3.8) is 0 Å². The van der Waals surface area contributed by atoms with Crippen molar-refractivity contribution in [1.29, 1.82) is 0 Å². The molecule has 9 nitrogen and oxygen atoms in total. The molecule has 0 spiro atoms. The number of benzene rings is 1. The van der Waals surface area contributed by atoms with Gasteiger partial charge >= 0.3 is 0 Å². The largest absolute Gasteiger partial charge is 0.366 e. The number of hydrogen-bond donors (Lipinski definition) is 1. The van der Waals surface area contributed by atoms with Crippen molar-refractivity contribution < 1.29 is 13.2 Å². The molecule has 0 radical (unpaired) electrons. The van der Waals surface area contributed by atoms with Gasteiger partial charge in [0, 0.05) is 23.5 Å². The molecule has 1 aliphatic carbocycles. The van der Waals surface area contributed by atoms with E-state index in [1.807, 2.05) is 55.7 Å². The predicted molar refractivity (Wildman–Crippen MR) is 126 cm³/mol. The standard InChI is InChI=1S/C23H30N6O3S/c1-15(2)32-19(20-24-13-16(3)14-25-20)17(4)33(30,31)28-22-27-26-21(18-9-7-6-8-10-18)29(22)23(5)11-12-23/h6-10,13-15,17,19H,11-12H2,1-5H3,(H,27,28)/t17-,19+/m0/s1. The van der Waals surface area contributed by atoms with Gasteiger partial charge in [0.2, 0.25) is 16.0 Å². The summed E-state index contributed by atoms with van der Waals surface area (Å²) in [7, 11) is -3.92. The van der Waals surface area contributed by atoms with Gasteiger partial charge in [-0.2, -0.15) is 0 Å². The summed E-state index contributed by atoms with van der Waals surface area (Å²) in [4.78, 5) is 8.64. The number of ether oxygens (including phenoxy) is 1. The van der Waals surface area contributed by atoms with Crippen LogP contribution in [0.15, 0.2) is 42.7 Å². The molecule has 2 heterocycles. The van der Waals surface area contributed by atoms with Crippen LogP contribution in [0.3, 0.4) is 0 Å². The van der Waals surface area contributed by atoms with E-state index in [9.17, 15) is 8.42 Å². The van der Waals surface area contributed by atoms with E-state index < -0.39 is 21.4 Å². The van der Waals surface area contributed by atoms with E-state index in [2.05, 4.69) is 31.8 Å². The van der Waals surface area contributed by atoms with Gasteiger partial charge in [0.25, 0.3) is 0 Å². The zero-order valence-corrected chi connectivity index (χ0v) is 20.4. The molecule has 1 aromatic carbocycles. The summed E-state index contributed by atoms with van der Waals surface area (Å²) < 4.78 is 37.5. The highest BCUT2D eigenvalue weighted by molar-refractivity contribution is 7.93. The highest BCUT2D eigenvalue weighted by atomic mass is 32.2. The number of nitrogens with one attached hydrogen (secondary N) is 1. The lowest BCUT2D eigenvalue weighted by molar-refractivity contribution is 0.00152. The van der Waals surface area contributed by atoms with Crippen LogP contribution >= 0.6 is 0 Å². The van der Waals surface area contributed by atoms with Crippen LogP contribution < -0.4 is 4.72 Å². The Hall–Kier alpha value is -2.85. The zero-order chi connectivity index (χ0) is 23.8. The zero-order valence-electron chi connectivity index (χ0n) is 19.6. The number of aromatic nitrogens is 5. The van der Waals surface area contributed by atoms with Crippen LogP contribution in [0, 0.1) is 6.92 Å². The fourth-order valence-electron chi connectivity index (χ4n) is 3.65. The molecule has 176 valence electrons. The van der Waals surface area contributed by atoms with E-state index in [1.165, 1.54) is 0 Å². The fourth-order valence-corrected chi connectivity index (χ4v) is 4.73. The summed E-state index contributed by atoms with van der Waals surface area (Å²) in [5.41, 5.74) is 1.53. The summed E-state index contributed by atoms with van der Waals surface area (Å²) in [6, 6.07) is 9.65. The summed E-state index contributed by atoms with van der Waals surface area (Å²) in [6.45, 7) is 9.25. The smallest absolute Gasteiger partial charge is 0.240 e. The first-order valence-electron chi connectivity index (χ1n) is 11.1. The molecule has 0 aliphatic heterocycles. The third-order valence-corrected chi connectivity index (χ3v) is 7.53. The van der Waals surface area contributed by atoms with E-state index in [0.29, 0.717) is 11.6 Å². The summed E-state index contributed by atoms with van der Waals surface area (Å²) in [5, 5.41) is 7.58. The lowest BCUT2D eigenvalue weighted by Crippen LogP contribution is -2.35. The average Bonchev–Trinajstić information content (AvgIpc) is 3.38. The number of hydrogen-bond acceptors (Lipinski definition) is 7. The van der Waals surface area contributed by atoms with E-state index in [4.69, 9.17) is 4.74 Å². The summed E-state index contributed by atoms with van der Waals surface area (Å²) >= 11 is 0. The van der Waals surface area contributed by atoms with Crippen LogP contribution in [0.4, 0.5) is 5.95 Å². The van der Waals surface area contributed by atoms with Crippen LogP contribution in [0.25, 0.3) is 11.4 Å². The van der Waals surface area contributed by atoms with Gasteiger partial charge in [-0.1, -0.05) is 30.3 Å². The monoisotopic (exact) mass is 470 g/mol. The lowest BCUT2D eigenvalue weighted by atomic mass is 10.2. The van der Waals surface area contributed by atoms with Crippen molar-refractivity contribution in [2.24, 2.45) is 0 Å². The molecule has 0 amide bonds. The Bertz CT molecular complexity index is 1200. The predicted octanol–water partition coefficient (Wildman–Crippen LogP) is 3.85. The molecular formula is C23H30N6O3S. The maximum atomic E-state index is 13.5. The van der Waals surface area contributed by atoms with Crippen LogP contribution in [0.1, 0.15) is 58.0 Å². The molecule has 2 atom stereocenters. The molecule has 3 aromatic rings. The second kappa shape index (κ2) is 8.83. The van der Waals surface area contributed by atoms with Crippen molar-refractivity contribution in [3.8, 4) is 11.4 Å². The number of anilines is 1. The molecule has 4 rings (SSSR count). The van der Waals surface area contributed by atoms with Crippen LogP contribution in [-0.4, -0.2) is 44.5 Å². The molecule has 1 saturated carbocycles. The van der Waals surface area contributed by atoms with Crippen LogP contribution in [0.2, 0.25) is 0 Å². The number of aryl methyl sites for hydroxylation is 1. The van der Waals surface area contributed by atoms with Crippen molar-refractivity contribution in [2.75, 3.05) is 4.72 Å². The molecule has 0 bridgehead atoms. The van der Waals surface area contributed by atoms with Crippen LogP contribution in [0.5, 0.6) is 0 Å². The number of sulfonamides is 1. The minimum absolute atomic E-state index is 0.203. The first-order valence-corrected chi connectivity index (χ1v) is 12.6. The minimum Gasteiger partial charge on any atom is -0.366 e. The van der Waals surface area contributed by atoms with E-state index in [-0.39, 0.29) is 17.6 Å².